The summed E-state index contributed by atoms with van der Waals surface area (Å²) in [5.74, 6) is -1.57. The topological polar surface area (TPSA) is 105 Å². The molecule has 2 heterocycles. The maximum Gasteiger partial charge on any atom is 0.326 e. The summed E-state index contributed by atoms with van der Waals surface area (Å²) >= 11 is 1.25. The highest BCUT2D eigenvalue weighted by atomic mass is 32.1. The van der Waals surface area contributed by atoms with Gasteiger partial charge in [-0.05, 0) is 6.42 Å². The minimum atomic E-state index is -1.06. The Morgan fingerprint density at radius 3 is 2.85 bits per heavy atom. The van der Waals surface area contributed by atoms with E-state index in [0.717, 1.165) is 0 Å². The quantitative estimate of drug-likeness (QED) is 0.857. The predicted molar refractivity (Wildman–Crippen MR) is 72.3 cm³/mol. The van der Waals surface area contributed by atoms with Gasteiger partial charge < -0.3 is 10.4 Å². The Balaban J connectivity index is 2.13. The Hall–Kier alpha value is -2.35. The lowest BCUT2D eigenvalue weighted by molar-refractivity contribution is -0.139. The molecule has 0 radical (unpaired) electrons. The number of amides is 1. The third kappa shape index (κ3) is 3.15. The van der Waals surface area contributed by atoms with Crippen molar-refractivity contribution in [2.24, 2.45) is 0 Å². The number of hydrogen-bond acceptors (Lipinski definition) is 6. The molecule has 0 aliphatic heterocycles. The SMILES string of the molecule is CCC(NC(=O)c1csc(-c2cnccn2)n1)C(=O)O. The molecule has 2 N–H and O–H groups in total. The molecule has 1 amide bonds. The van der Waals surface area contributed by atoms with E-state index in [1.165, 1.54) is 17.5 Å². The zero-order valence-electron chi connectivity index (χ0n) is 10.6. The fourth-order valence-electron chi connectivity index (χ4n) is 1.48. The second-order valence-electron chi connectivity index (χ2n) is 3.90. The van der Waals surface area contributed by atoms with Crippen molar-refractivity contribution in [1.82, 2.24) is 20.3 Å². The van der Waals surface area contributed by atoms with Gasteiger partial charge in [0.1, 0.15) is 22.4 Å². The Morgan fingerprint density at radius 2 is 2.25 bits per heavy atom. The Kier molecular flexibility index (Phi) is 4.36. The van der Waals surface area contributed by atoms with Gasteiger partial charge in [0.15, 0.2) is 0 Å². The monoisotopic (exact) mass is 292 g/mol. The van der Waals surface area contributed by atoms with Gasteiger partial charge in [-0.1, -0.05) is 6.92 Å². The zero-order chi connectivity index (χ0) is 14.5. The molecule has 8 heteroatoms. The van der Waals surface area contributed by atoms with Gasteiger partial charge in [0.2, 0.25) is 0 Å². The summed E-state index contributed by atoms with van der Waals surface area (Å²) in [6.45, 7) is 1.69. The van der Waals surface area contributed by atoms with E-state index < -0.39 is 17.9 Å². The molecule has 7 nitrogen and oxygen atoms in total. The number of aromatic nitrogens is 3. The summed E-state index contributed by atoms with van der Waals surface area (Å²) in [6, 6.07) is -0.913. The second-order valence-corrected chi connectivity index (χ2v) is 4.76. The third-order valence-electron chi connectivity index (χ3n) is 2.53. The van der Waals surface area contributed by atoms with Crippen LogP contribution < -0.4 is 5.32 Å². The lowest BCUT2D eigenvalue weighted by atomic mass is 10.2. The van der Waals surface area contributed by atoms with Gasteiger partial charge in [-0.2, -0.15) is 0 Å². The number of nitrogens with zero attached hydrogens (tertiary/aromatic N) is 3. The molecule has 0 spiro atoms. The van der Waals surface area contributed by atoms with Gasteiger partial charge in [0.05, 0.1) is 6.20 Å². The number of rotatable bonds is 5. The van der Waals surface area contributed by atoms with Crippen molar-refractivity contribution in [1.29, 1.82) is 0 Å². The first kappa shape index (κ1) is 14.1. The number of carbonyl (C=O) groups is 2. The molecule has 1 unspecified atom stereocenters. The van der Waals surface area contributed by atoms with Crippen LogP contribution in [0.15, 0.2) is 24.0 Å². The molecule has 0 aliphatic rings. The molecule has 104 valence electrons. The summed E-state index contributed by atoms with van der Waals surface area (Å²) in [5.41, 5.74) is 0.747. The van der Waals surface area contributed by atoms with Crippen LogP contribution in [0, 0.1) is 0 Å². The largest absolute Gasteiger partial charge is 0.480 e. The molecule has 2 rings (SSSR count). The van der Waals surface area contributed by atoms with E-state index in [1.54, 1.807) is 24.7 Å². The molecular weight excluding hydrogens is 280 g/mol. The number of nitrogens with one attached hydrogen (secondary N) is 1. The smallest absolute Gasteiger partial charge is 0.326 e. The number of hydrogen-bond donors (Lipinski definition) is 2. The van der Waals surface area contributed by atoms with Gasteiger partial charge in [0, 0.05) is 17.8 Å². The third-order valence-corrected chi connectivity index (χ3v) is 3.40. The Labute approximate surface area is 118 Å². The van der Waals surface area contributed by atoms with Crippen LogP contribution in [0.2, 0.25) is 0 Å². The average molecular weight is 292 g/mol. The van der Waals surface area contributed by atoms with Crippen LogP contribution >= 0.6 is 11.3 Å². The minimum Gasteiger partial charge on any atom is -0.480 e. The summed E-state index contributed by atoms with van der Waals surface area (Å²) in [6.07, 6.45) is 4.94. The van der Waals surface area contributed by atoms with Gasteiger partial charge in [-0.15, -0.1) is 11.3 Å². The summed E-state index contributed by atoms with van der Waals surface area (Å²) in [4.78, 5) is 34.9. The first-order valence-corrected chi connectivity index (χ1v) is 6.75. The van der Waals surface area contributed by atoms with Crippen molar-refractivity contribution >= 4 is 23.2 Å². The standard InChI is InChI=1S/C12H12N4O3S/c1-2-7(12(18)19)15-10(17)9-6-20-11(16-9)8-5-13-3-4-14-8/h3-7H,2H2,1H3,(H,15,17)(H,18,19). The zero-order valence-corrected chi connectivity index (χ0v) is 11.4. The summed E-state index contributed by atoms with van der Waals surface area (Å²) < 4.78 is 0. The molecule has 20 heavy (non-hydrogen) atoms. The maximum absolute atomic E-state index is 11.9. The maximum atomic E-state index is 11.9. The van der Waals surface area contributed by atoms with Crippen LogP contribution in [0.1, 0.15) is 23.8 Å². The molecule has 0 saturated heterocycles. The van der Waals surface area contributed by atoms with E-state index in [9.17, 15) is 9.59 Å². The van der Waals surface area contributed by atoms with Crippen molar-refractivity contribution in [2.75, 3.05) is 0 Å². The van der Waals surface area contributed by atoms with Crippen LogP contribution in [0.3, 0.4) is 0 Å². The highest BCUT2D eigenvalue weighted by molar-refractivity contribution is 7.13. The van der Waals surface area contributed by atoms with Crippen LogP contribution in [-0.2, 0) is 4.79 Å². The molecule has 0 bridgehead atoms. The highest BCUT2D eigenvalue weighted by Crippen LogP contribution is 2.20. The van der Waals surface area contributed by atoms with Gasteiger partial charge in [0.25, 0.3) is 5.91 Å². The van der Waals surface area contributed by atoms with Crippen molar-refractivity contribution in [3.8, 4) is 10.7 Å². The number of carboxylic acids is 1. The van der Waals surface area contributed by atoms with Crippen LogP contribution in [0.25, 0.3) is 10.7 Å². The number of carbonyl (C=O) groups excluding carboxylic acids is 1. The molecule has 0 aliphatic carbocycles. The normalized spacial score (nSPS) is 11.8. The molecule has 0 saturated carbocycles. The molecule has 0 aromatic carbocycles. The molecule has 1 atom stereocenters. The fourth-order valence-corrected chi connectivity index (χ4v) is 2.24. The van der Waals surface area contributed by atoms with Crippen molar-refractivity contribution in [3.63, 3.8) is 0 Å². The predicted octanol–water partition coefficient (Wildman–Crippen LogP) is 1.19. The Morgan fingerprint density at radius 1 is 1.45 bits per heavy atom. The van der Waals surface area contributed by atoms with Crippen molar-refractivity contribution < 1.29 is 14.7 Å². The van der Waals surface area contributed by atoms with Crippen molar-refractivity contribution in [2.45, 2.75) is 19.4 Å². The van der Waals surface area contributed by atoms with E-state index in [0.29, 0.717) is 17.1 Å². The lowest BCUT2D eigenvalue weighted by Crippen LogP contribution is -2.40. The number of thiazole rings is 1. The summed E-state index contributed by atoms with van der Waals surface area (Å²) in [7, 11) is 0. The first-order chi connectivity index (χ1) is 9.61. The van der Waals surface area contributed by atoms with Gasteiger partial charge in [-0.3, -0.25) is 14.8 Å². The van der Waals surface area contributed by atoms with Crippen molar-refractivity contribution in [3.05, 3.63) is 29.7 Å². The minimum absolute atomic E-state index is 0.176. The van der Waals surface area contributed by atoms with E-state index in [4.69, 9.17) is 5.11 Å². The van der Waals surface area contributed by atoms with Crippen LogP contribution in [0.5, 0.6) is 0 Å². The van der Waals surface area contributed by atoms with Crippen LogP contribution in [0.4, 0.5) is 0 Å². The van der Waals surface area contributed by atoms with E-state index in [-0.39, 0.29) is 5.69 Å². The number of carboxylic acid groups (broad SMARTS) is 1. The van der Waals surface area contributed by atoms with Gasteiger partial charge >= 0.3 is 5.97 Å². The lowest BCUT2D eigenvalue weighted by Gasteiger charge is -2.10. The molecule has 0 fully saturated rings. The van der Waals surface area contributed by atoms with E-state index in [2.05, 4.69) is 20.3 Å². The second kappa shape index (κ2) is 6.20. The van der Waals surface area contributed by atoms with E-state index >= 15 is 0 Å². The highest BCUT2D eigenvalue weighted by Gasteiger charge is 2.20. The fraction of sp³-hybridized carbons (Fsp3) is 0.250. The molecule has 2 aromatic rings. The Bertz CT molecular complexity index is 614. The average Bonchev–Trinajstić information content (AvgIpc) is 2.95. The van der Waals surface area contributed by atoms with Gasteiger partial charge in [-0.25, -0.2) is 9.78 Å². The molecular formula is C12H12N4O3S. The van der Waals surface area contributed by atoms with Crippen LogP contribution in [-0.4, -0.2) is 38.0 Å². The van der Waals surface area contributed by atoms with E-state index in [1.807, 2.05) is 0 Å². The number of aliphatic carboxylic acids is 1. The first-order valence-electron chi connectivity index (χ1n) is 5.87. The summed E-state index contributed by atoms with van der Waals surface area (Å²) in [5, 5.41) is 13.4. The molecule has 2 aromatic heterocycles.